The number of carbonyl (C=O) groups excluding carboxylic acids is 2. The summed E-state index contributed by atoms with van der Waals surface area (Å²) in [4.78, 5) is 29.4. The Morgan fingerprint density at radius 2 is 2.16 bits per heavy atom. The van der Waals surface area contributed by atoms with Gasteiger partial charge in [-0.15, -0.1) is 0 Å². The normalized spacial score (nSPS) is 13.3. The fourth-order valence-electron chi connectivity index (χ4n) is 3.02. The summed E-state index contributed by atoms with van der Waals surface area (Å²) >= 11 is 0. The van der Waals surface area contributed by atoms with Crippen molar-refractivity contribution in [1.82, 2.24) is 20.2 Å². The van der Waals surface area contributed by atoms with Crippen LogP contribution in [0.2, 0.25) is 0 Å². The smallest absolute Gasteiger partial charge is 0.287 e. The average molecular weight is 344 g/mol. The molecule has 0 unspecified atom stereocenters. The third kappa shape index (κ3) is 3.92. The molecule has 1 aliphatic heterocycles. The van der Waals surface area contributed by atoms with Crippen molar-refractivity contribution in [3.8, 4) is 0 Å². The maximum absolute atomic E-state index is 12.5. The highest BCUT2D eigenvalue weighted by molar-refractivity contribution is 5.97. The summed E-state index contributed by atoms with van der Waals surface area (Å²) in [5.74, 6) is 0.509. The molecule has 0 saturated heterocycles. The van der Waals surface area contributed by atoms with Gasteiger partial charge in [-0.3, -0.25) is 9.59 Å². The van der Waals surface area contributed by atoms with Crippen LogP contribution in [-0.2, 0) is 19.5 Å². The van der Waals surface area contributed by atoms with E-state index in [1.807, 2.05) is 4.57 Å². The fourth-order valence-corrected chi connectivity index (χ4v) is 3.02. The van der Waals surface area contributed by atoms with Gasteiger partial charge in [0.15, 0.2) is 5.82 Å². The zero-order valence-corrected chi connectivity index (χ0v) is 14.5. The first-order valence-corrected chi connectivity index (χ1v) is 8.89. The van der Waals surface area contributed by atoms with E-state index in [1.54, 1.807) is 18.4 Å². The molecule has 2 aromatic heterocycles. The standard InChI is InChI=1S/C18H24N4O3/c1-2-3-9-19-17(23)15-14-8-4-5-10-22(14)16(21-15)18(24)20-12-13-7-6-11-25-13/h6-7,11H,2-5,8-10,12H2,1H3,(H,19,23)(H,20,24). The number of hydrogen-bond acceptors (Lipinski definition) is 4. The number of hydrogen-bond donors (Lipinski definition) is 2. The number of imidazole rings is 1. The molecule has 3 heterocycles. The van der Waals surface area contributed by atoms with Crippen LogP contribution in [0.4, 0.5) is 0 Å². The minimum absolute atomic E-state index is 0.191. The van der Waals surface area contributed by atoms with Gasteiger partial charge in [-0.1, -0.05) is 13.3 Å². The van der Waals surface area contributed by atoms with Gasteiger partial charge in [0.05, 0.1) is 18.5 Å². The lowest BCUT2D eigenvalue weighted by molar-refractivity contribution is 0.0932. The second-order valence-electron chi connectivity index (χ2n) is 6.21. The Bertz CT molecular complexity index is 734. The number of nitrogens with one attached hydrogen (secondary N) is 2. The number of carbonyl (C=O) groups is 2. The first kappa shape index (κ1) is 17.3. The largest absolute Gasteiger partial charge is 0.467 e. The number of amides is 2. The summed E-state index contributed by atoms with van der Waals surface area (Å²) in [7, 11) is 0. The number of furan rings is 1. The molecule has 0 bridgehead atoms. The van der Waals surface area contributed by atoms with Gasteiger partial charge >= 0.3 is 0 Å². The topological polar surface area (TPSA) is 89.2 Å². The molecule has 2 aromatic rings. The Balaban J connectivity index is 1.76. The van der Waals surface area contributed by atoms with Crippen LogP contribution in [0.1, 0.15) is 65.2 Å². The molecule has 0 aliphatic carbocycles. The monoisotopic (exact) mass is 344 g/mol. The molecule has 2 N–H and O–H groups in total. The van der Waals surface area contributed by atoms with Gasteiger partial charge in [-0.2, -0.15) is 0 Å². The van der Waals surface area contributed by atoms with Gasteiger partial charge < -0.3 is 19.6 Å². The van der Waals surface area contributed by atoms with E-state index in [1.165, 1.54) is 0 Å². The van der Waals surface area contributed by atoms with E-state index >= 15 is 0 Å². The van der Waals surface area contributed by atoms with Crippen LogP contribution in [0, 0.1) is 0 Å². The van der Waals surface area contributed by atoms with Crippen LogP contribution in [-0.4, -0.2) is 27.9 Å². The molecule has 0 aromatic carbocycles. The zero-order valence-electron chi connectivity index (χ0n) is 14.5. The lowest BCUT2D eigenvalue weighted by Crippen LogP contribution is -2.27. The molecule has 0 fully saturated rings. The minimum atomic E-state index is -0.285. The van der Waals surface area contributed by atoms with E-state index < -0.39 is 0 Å². The summed E-state index contributed by atoms with van der Waals surface area (Å²) in [6.45, 7) is 3.72. The number of nitrogens with zero attached hydrogens (tertiary/aromatic N) is 2. The SMILES string of the molecule is CCCCNC(=O)c1nc(C(=O)NCc2ccco2)n2c1CCCC2. The zero-order chi connectivity index (χ0) is 17.6. The van der Waals surface area contributed by atoms with Crippen molar-refractivity contribution in [3.63, 3.8) is 0 Å². The second kappa shape index (κ2) is 8.00. The molecule has 2 amide bonds. The molecule has 7 nitrogen and oxygen atoms in total. The van der Waals surface area contributed by atoms with Crippen molar-refractivity contribution in [2.45, 2.75) is 52.1 Å². The highest BCUT2D eigenvalue weighted by Gasteiger charge is 2.27. The first-order valence-electron chi connectivity index (χ1n) is 8.89. The van der Waals surface area contributed by atoms with Crippen molar-refractivity contribution in [2.24, 2.45) is 0 Å². The molecule has 0 atom stereocenters. The van der Waals surface area contributed by atoms with Gasteiger partial charge in [0.1, 0.15) is 11.5 Å². The Morgan fingerprint density at radius 1 is 1.28 bits per heavy atom. The summed E-state index contributed by atoms with van der Waals surface area (Å²) in [6, 6.07) is 3.57. The molecule has 7 heteroatoms. The molecule has 3 rings (SSSR count). The molecular weight excluding hydrogens is 320 g/mol. The summed E-state index contributed by atoms with van der Waals surface area (Å²) in [5, 5.41) is 5.70. The molecule has 25 heavy (non-hydrogen) atoms. The van der Waals surface area contributed by atoms with E-state index in [0.29, 0.717) is 36.9 Å². The van der Waals surface area contributed by atoms with Gasteiger partial charge in [-0.05, 0) is 37.8 Å². The number of unbranched alkanes of at least 4 members (excludes halogenated alkanes) is 1. The van der Waals surface area contributed by atoms with E-state index in [9.17, 15) is 9.59 Å². The van der Waals surface area contributed by atoms with Gasteiger partial charge in [0.2, 0.25) is 0 Å². The molecule has 134 valence electrons. The third-order valence-electron chi connectivity index (χ3n) is 4.36. The average Bonchev–Trinajstić information content (AvgIpc) is 3.27. The van der Waals surface area contributed by atoms with Crippen molar-refractivity contribution in [1.29, 1.82) is 0 Å². The van der Waals surface area contributed by atoms with Gasteiger partial charge in [-0.25, -0.2) is 4.98 Å². The lowest BCUT2D eigenvalue weighted by atomic mass is 10.1. The predicted octanol–water partition coefficient (Wildman–Crippen LogP) is 2.27. The van der Waals surface area contributed by atoms with Gasteiger partial charge in [0.25, 0.3) is 11.8 Å². The highest BCUT2D eigenvalue weighted by atomic mass is 16.3. The van der Waals surface area contributed by atoms with Crippen LogP contribution < -0.4 is 10.6 Å². The molecule has 0 spiro atoms. The Kier molecular flexibility index (Phi) is 5.53. The van der Waals surface area contributed by atoms with E-state index in [-0.39, 0.29) is 11.8 Å². The van der Waals surface area contributed by atoms with Crippen LogP contribution in [0.5, 0.6) is 0 Å². The molecule has 0 radical (unpaired) electrons. The number of aromatic nitrogens is 2. The molecule has 1 aliphatic rings. The van der Waals surface area contributed by atoms with Crippen LogP contribution in [0.3, 0.4) is 0 Å². The van der Waals surface area contributed by atoms with E-state index in [2.05, 4.69) is 22.5 Å². The summed E-state index contributed by atoms with van der Waals surface area (Å²) in [5.41, 5.74) is 1.25. The molecule has 0 saturated carbocycles. The van der Waals surface area contributed by atoms with Crippen molar-refractivity contribution >= 4 is 11.8 Å². The first-order chi connectivity index (χ1) is 12.2. The number of rotatable bonds is 7. The van der Waals surface area contributed by atoms with E-state index in [4.69, 9.17) is 4.42 Å². The van der Waals surface area contributed by atoms with Crippen LogP contribution in [0.15, 0.2) is 22.8 Å². The van der Waals surface area contributed by atoms with Crippen LogP contribution >= 0.6 is 0 Å². The highest BCUT2D eigenvalue weighted by Crippen LogP contribution is 2.21. The van der Waals surface area contributed by atoms with Crippen molar-refractivity contribution in [3.05, 3.63) is 41.4 Å². The van der Waals surface area contributed by atoms with Crippen molar-refractivity contribution in [2.75, 3.05) is 6.54 Å². The Hall–Kier alpha value is -2.57. The second-order valence-corrected chi connectivity index (χ2v) is 6.21. The summed E-state index contributed by atoms with van der Waals surface area (Å²) < 4.78 is 7.11. The lowest BCUT2D eigenvalue weighted by Gasteiger charge is -2.17. The quantitative estimate of drug-likeness (QED) is 0.754. The third-order valence-corrected chi connectivity index (χ3v) is 4.36. The fraction of sp³-hybridized carbons (Fsp3) is 0.500. The van der Waals surface area contributed by atoms with Crippen LogP contribution in [0.25, 0.3) is 0 Å². The predicted molar refractivity (Wildman–Crippen MR) is 92.3 cm³/mol. The summed E-state index contributed by atoms with van der Waals surface area (Å²) in [6.07, 6.45) is 6.28. The maximum atomic E-state index is 12.5. The Labute approximate surface area is 146 Å². The minimum Gasteiger partial charge on any atom is -0.467 e. The van der Waals surface area contributed by atoms with Gasteiger partial charge in [0, 0.05) is 13.1 Å². The van der Waals surface area contributed by atoms with Crippen molar-refractivity contribution < 1.29 is 14.0 Å². The Morgan fingerprint density at radius 3 is 2.92 bits per heavy atom. The number of fused-ring (bicyclic) bond motifs is 1. The van der Waals surface area contributed by atoms with E-state index in [0.717, 1.165) is 37.8 Å². The maximum Gasteiger partial charge on any atom is 0.287 e. The molecular formula is C18H24N4O3.